The van der Waals surface area contributed by atoms with Crippen LogP contribution in [0.3, 0.4) is 0 Å². The SMILES string of the molecule is CCC(C)(C)Oc1ccc(OCCOCCOCCOCCOc2ccc(OC(C)(C)CC)c(F)c2)cc1F. The average Bonchev–Trinajstić information content (AvgIpc) is 2.89. The van der Waals surface area contributed by atoms with Crippen molar-refractivity contribution in [1.29, 1.82) is 0 Å². The van der Waals surface area contributed by atoms with E-state index in [1.54, 1.807) is 24.3 Å². The Balaban J connectivity index is 1.46. The summed E-state index contributed by atoms with van der Waals surface area (Å²) in [6.45, 7) is 14.6. The normalized spacial score (nSPS) is 11.9. The molecule has 7 nitrogen and oxygen atoms in total. The van der Waals surface area contributed by atoms with Gasteiger partial charge in [-0.15, -0.1) is 0 Å². The lowest BCUT2D eigenvalue weighted by atomic mass is 10.1. The molecule has 2 rings (SSSR count). The first-order valence-electron chi connectivity index (χ1n) is 13.5. The summed E-state index contributed by atoms with van der Waals surface area (Å²) in [6, 6.07) is 9.13. The van der Waals surface area contributed by atoms with Gasteiger partial charge >= 0.3 is 0 Å². The predicted octanol–water partition coefficient (Wildman–Crippen LogP) is 6.61. The fraction of sp³-hybridized carbons (Fsp3) is 0.600. The molecular formula is C30H44F2O7. The van der Waals surface area contributed by atoms with E-state index in [0.717, 1.165) is 12.8 Å². The quantitative estimate of drug-likeness (QED) is 0.171. The van der Waals surface area contributed by atoms with Crippen LogP contribution in [0.25, 0.3) is 0 Å². The number of halogens is 2. The molecule has 0 fully saturated rings. The second-order valence-electron chi connectivity index (χ2n) is 10.1. The molecule has 0 N–H and O–H groups in total. The van der Waals surface area contributed by atoms with Crippen LogP contribution >= 0.6 is 0 Å². The summed E-state index contributed by atoms with van der Waals surface area (Å²) in [4.78, 5) is 0. The molecule has 0 spiro atoms. The molecule has 9 heteroatoms. The predicted molar refractivity (Wildman–Crippen MR) is 146 cm³/mol. The Morgan fingerprint density at radius 3 is 1.18 bits per heavy atom. The first kappa shape index (κ1) is 32.6. The molecule has 0 aliphatic heterocycles. The van der Waals surface area contributed by atoms with E-state index >= 15 is 0 Å². The van der Waals surface area contributed by atoms with Gasteiger partial charge in [0.25, 0.3) is 0 Å². The second-order valence-corrected chi connectivity index (χ2v) is 10.1. The topological polar surface area (TPSA) is 64.6 Å². The van der Waals surface area contributed by atoms with Gasteiger partial charge in [-0.2, -0.15) is 0 Å². The lowest BCUT2D eigenvalue weighted by molar-refractivity contribution is 0.00494. The van der Waals surface area contributed by atoms with Crippen molar-refractivity contribution in [1.82, 2.24) is 0 Å². The van der Waals surface area contributed by atoms with Gasteiger partial charge in [-0.3, -0.25) is 0 Å². The van der Waals surface area contributed by atoms with Crippen molar-refractivity contribution >= 4 is 0 Å². The fourth-order valence-electron chi connectivity index (χ4n) is 3.03. The zero-order valence-electron chi connectivity index (χ0n) is 24.1. The number of hydrogen-bond donors (Lipinski definition) is 0. The molecule has 0 aliphatic rings. The third-order valence-electron chi connectivity index (χ3n) is 6.02. The summed E-state index contributed by atoms with van der Waals surface area (Å²) < 4.78 is 67.3. The van der Waals surface area contributed by atoms with Crippen LogP contribution in [0.15, 0.2) is 36.4 Å². The zero-order valence-corrected chi connectivity index (χ0v) is 24.1. The van der Waals surface area contributed by atoms with E-state index in [9.17, 15) is 8.78 Å². The van der Waals surface area contributed by atoms with E-state index < -0.39 is 22.8 Å². The highest BCUT2D eigenvalue weighted by molar-refractivity contribution is 5.34. The highest BCUT2D eigenvalue weighted by Gasteiger charge is 2.20. The minimum absolute atomic E-state index is 0.210. The van der Waals surface area contributed by atoms with E-state index in [0.29, 0.717) is 64.4 Å². The van der Waals surface area contributed by atoms with Crippen LogP contribution in [0.4, 0.5) is 8.78 Å². The van der Waals surface area contributed by atoms with Gasteiger partial charge < -0.3 is 33.2 Å². The average molecular weight is 555 g/mol. The zero-order chi connectivity index (χ0) is 28.7. The van der Waals surface area contributed by atoms with Gasteiger partial charge in [0.15, 0.2) is 23.1 Å². The lowest BCUT2D eigenvalue weighted by Crippen LogP contribution is -2.27. The van der Waals surface area contributed by atoms with Gasteiger partial charge in [0.05, 0.1) is 39.6 Å². The van der Waals surface area contributed by atoms with Crippen LogP contribution < -0.4 is 18.9 Å². The Hall–Kier alpha value is -2.62. The number of rotatable bonds is 20. The standard InChI is InChI=1S/C30H44F2O7/c1-7-29(3,4)38-27-11-9-23(21-25(27)31)36-19-17-34-15-13-33-14-16-35-18-20-37-24-10-12-28(26(32)22-24)39-30(5,6)8-2/h9-12,21-22H,7-8,13-20H2,1-6H3. The molecule has 0 heterocycles. The van der Waals surface area contributed by atoms with Crippen molar-refractivity contribution in [2.75, 3.05) is 52.9 Å². The van der Waals surface area contributed by atoms with Crippen LogP contribution in [0.5, 0.6) is 23.0 Å². The van der Waals surface area contributed by atoms with Crippen LogP contribution in [-0.2, 0) is 14.2 Å². The molecule has 220 valence electrons. The van der Waals surface area contributed by atoms with Crippen molar-refractivity contribution in [3.8, 4) is 23.0 Å². The van der Waals surface area contributed by atoms with Crippen LogP contribution in [0.1, 0.15) is 54.4 Å². The maximum Gasteiger partial charge on any atom is 0.168 e. The summed E-state index contributed by atoms with van der Waals surface area (Å²) in [5, 5.41) is 0. The van der Waals surface area contributed by atoms with E-state index in [4.69, 9.17) is 33.2 Å². The van der Waals surface area contributed by atoms with E-state index in [1.807, 2.05) is 41.5 Å². The summed E-state index contributed by atoms with van der Waals surface area (Å²) in [5.74, 6) is 0.344. The smallest absolute Gasteiger partial charge is 0.168 e. The molecule has 0 saturated carbocycles. The number of ether oxygens (including phenoxy) is 7. The van der Waals surface area contributed by atoms with Gasteiger partial charge in [-0.1, -0.05) is 13.8 Å². The largest absolute Gasteiger partial charge is 0.491 e. The van der Waals surface area contributed by atoms with Crippen molar-refractivity contribution in [2.45, 2.75) is 65.6 Å². The van der Waals surface area contributed by atoms with Crippen molar-refractivity contribution < 1.29 is 41.9 Å². The van der Waals surface area contributed by atoms with Gasteiger partial charge in [0.1, 0.15) is 35.9 Å². The van der Waals surface area contributed by atoms with E-state index in [-0.39, 0.29) is 11.5 Å². The number of benzene rings is 2. The molecule has 0 saturated heterocycles. The molecule has 2 aromatic rings. The van der Waals surface area contributed by atoms with E-state index in [2.05, 4.69) is 0 Å². The molecule has 0 unspecified atom stereocenters. The Morgan fingerprint density at radius 2 is 0.872 bits per heavy atom. The third-order valence-corrected chi connectivity index (χ3v) is 6.02. The summed E-state index contributed by atoms with van der Waals surface area (Å²) in [6.07, 6.45) is 1.53. The fourth-order valence-corrected chi connectivity index (χ4v) is 3.03. The lowest BCUT2D eigenvalue weighted by Gasteiger charge is -2.25. The summed E-state index contributed by atoms with van der Waals surface area (Å²) in [7, 11) is 0. The molecule has 39 heavy (non-hydrogen) atoms. The van der Waals surface area contributed by atoms with Gasteiger partial charge in [-0.05, 0) is 64.8 Å². The molecule has 0 radical (unpaired) electrons. The highest BCUT2D eigenvalue weighted by atomic mass is 19.1. The number of hydrogen-bond acceptors (Lipinski definition) is 7. The monoisotopic (exact) mass is 554 g/mol. The molecule has 0 bridgehead atoms. The third kappa shape index (κ3) is 12.9. The minimum atomic E-state index is -0.457. The summed E-state index contributed by atoms with van der Waals surface area (Å²) >= 11 is 0. The van der Waals surface area contributed by atoms with E-state index in [1.165, 1.54) is 12.1 Å². The Morgan fingerprint density at radius 1 is 0.538 bits per heavy atom. The Bertz CT molecular complexity index is 904. The second kappa shape index (κ2) is 16.5. The maximum atomic E-state index is 14.2. The molecular weight excluding hydrogens is 510 g/mol. The Labute approximate surface area is 231 Å². The maximum absolute atomic E-state index is 14.2. The summed E-state index contributed by atoms with van der Waals surface area (Å²) in [5.41, 5.74) is -0.867. The van der Waals surface area contributed by atoms with Crippen molar-refractivity contribution in [3.05, 3.63) is 48.0 Å². The van der Waals surface area contributed by atoms with Crippen molar-refractivity contribution in [3.63, 3.8) is 0 Å². The van der Waals surface area contributed by atoms with Gasteiger partial charge in [-0.25, -0.2) is 8.78 Å². The highest BCUT2D eigenvalue weighted by Crippen LogP contribution is 2.28. The Kier molecular flexibility index (Phi) is 13.8. The van der Waals surface area contributed by atoms with Crippen LogP contribution in [0.2, 0.25) is 0 Å². The van der Waals surface area contributed by atoms with Crippen LogP contribution in [-0.4, -0.2) is 64.1 Å². The first-order chi connectivity index (χ1) is 18.5. The molecule has 0 amide bonds. The molecule has 0 aliphatic carbocycles. The van der Waals surface area contributed by atoms with Gasteiger partial charge in [0.2, 0.25) is 0 Å². The molecule has 0 aromatic heterocycles. The first-order valence-corrected chi connectivity index (χ1v) is 13.5. The van der Waals surface area contributed by atoms with Gasteiger partial charge in [0, 0.05) is 12.1 Å². The minimum Gasteiger partial charge on any atom is -0.491 e. The molecule has 2 aromatic carbocycles. The van der Waals surface area contributed by atoms with Crippen LogP contribution in [0, 0.1) is 11.6 Å². The van der Waals surface area contributed by atoms with Crippen molar-refractivity contribution in [2.24, 2.45) is 0 Å². The molecule has 0 atom stereocenters.